The van der Waals surface area contributed by atoms with E-state index in [1.807, 2.05) is 13.8 Å². The Balaban J connectivity index is 2.58. The van der Waals surface area contributed by atoms with Crippen molar-refractivity contribution in [1.82, 2.24) is 15.1 Å². The van der Waals surface area contributed by atoms with E-state index in [9.17, 15) is 9.90 Å². The highest BCUT2D eigenvalue weighted by atomic mass is 16.5. The molecule has 18 heavy (non-hydrogen) atoms. The van der Waals surface area contributed by atoms with Crippen LogP contribution in [0.15, 0.2) is 12.4 Å². The number of aromatic nitrogens is 2. The second kappa shape index (κ2) is 6.39. The summed E-state index contributed by atoms with van der Waals surface area (Å²) in [5.41, 5.74) is -0.924. The van der Waals surface area contributed by atoms with Gasteiger partial charge >= 0.3 is 5.97 Å². The van der Waals surface area contributed by atoms with Crippen LogP contribution in [0.2, 0.25) is 0 Å². The number of hydrogen-bond donors (Lipinski definition) is 2. The van der Waals surface area contributed by atoms with Crippen molar-refractivity contribution in [3.63, 3.8) is 0 Å². The minimum Gasteiger partial charge on any atom is -0.491 e. The molecule has 102 valence electrons. The predicted molar refractivity (Wildman–Crippen MR) is 67.7 cm³/mol. The van der Waals surface area contributed by atoms with Crippen molar-refractivity contribution in [1.29, 1.82) is 0 Å². The average Bonchev–Trinajstić information content (AvgIpc) is 2.75. The first-order valence-corrected chi connectivity index (χ1v) is 6.15. The second-order valence-electron chi connectivity index (χ2n) is 4.29. The molecule has 0 spiro atoms. The number of aliphatic carboxylic acids is 1. The smallest absolute Gasteiger partial charge is 0.323 e. The van der Waals surface area contributed by atoms with Gasteiger partial charge in [0.05, 0.1) is 19.0 Å². The molecule has 1 aromatic heterocycles. The molecule has 6 heteroatoms. The lowest BCUT2D eigenvalue weighted by Crippen LogP contribution is -2.50. The Labute approximate surface area is 107 Å². The van der Waals surface area contributed by atoms with Crippen molar-refractivity contribution in [3.8, 4) is 5.75 Å². The van der Waals surface area contributed by atoms with Crippen LogP contribution in [0.25, 0.3) is 0 Å². The van der Waals surface area contributed by atoms with Gasteiger partial charge in [0.1, 0.15) is 5.54 Å². The third-order valence-electron chi connectivity index (χ3n) is 2.80. The van der Waals surface area contributed by atoms with Gasteiger partial charge in [-0.15, -0.1) is 0 Å². The second-order valence-corrected chi connectivity index (χ2v) is 4.29. The fourth-order valence-electron chi connectivity index (χ4n) is 1.71. The standard InChI is InChI=1S/C12H21N3O3/c1-4-13-12(3,11(16)17)6-7-15-9-10(8-14-15)18-5-2/h8-9,13H,4-7H2,1-3H3,(H,16,17). The van der Waals surface area contributed by atoms with E-state index in [0.717, 1.165) is 0 Å². The number of hydrogen-bond acceptors (Lipinski definition) is 4. The zero-order chi connectivity index (χ0) is 13.6. The highest BCUT2D eigenvalue weighted by molar-refractivity contribution is 5.78. The molecule has 1 rings (SSSR count). The van der Waals surface area contributed by atoms with Gasteiger partial charge in [0.25, 0.3) is 0 Å². The zero-order valence-electron chi connectivity index (χ0n) is 11.1. The number of nitrogens with one attached hydrogen (secondary N) is 1. The first-order valence-electron chi connectivity index (χ1n) is 6.15. The molecular weight excluding hydrogens is 234 g/mol. The van der Waals surface area contributed by atoms with Crippen molar-refractivity contribution in [2.24, 2.45) is 0 Å². The lowest BCUT2D eigenvalue weighted by atomic mass is 9.98. The first-order chi connectivity index (χ1) is 8.51. The number of nitrogens with zero attached hydrogens (tertiary/aromatic N) is 2. The number of aryl methyl sites for hydroxylation is 1. The van der Waals surface area contributed by atoms with Crippen LogP contribution in [0.5, 0.6) is 5.75 Å². The molecule has 0 bridgehead atoms. The molecule has 0 fully saturated rings. The summed E-state index contributed by atoms with van der Waals surface area (Å²) >= 11 is 0. The van der Waals surface area contributed by atoms with Crippen molar-refractivity contribution < 1.29 is 14.6 Å². The average molecular weight is 255 g/mol. The van der Waals surface area contributed by atoms with Gasteiger partial charge in [-0.05, 0) is 26.8 Å². The molecule has 1 aromatic rings. The largest absolute Gasteiger partial charge is 0.491 e. The van der Waals surface area contributed by atoms with E-state index >= 15 is 0 Å². The number of carbonyl (C=O) groups is 1. The molecule has 1 heterocycles. The molecule has 1 unspecified atom stereocenters. The molecule has 0 amide bonds. The Hall–Kier alpha value is -1.56. The summed E-state index contributed by atoms with van der Waals surface area (Å²) < 4.78 is 7.00. The minimum atomic E-state index is -0.924. The number of carboxylic acid groups (broad SMARTS) is 1. The molecule has 0 radical (unpaired) electrons. The molecule has 0 aliphatic heterocycles. The summed E-state index contributed by atoms with van der Waals surface area (Å²) in [5.74, 6) is -0.139. The van der Waals surface area contributed by atoms with Gasteiger partial charge in [-0.25, -0.2) is 0 Å². The number of carboxylic acids is 1. The maximum Gasteiger partial charge on any atom is 0.323 e. The Bertz CT molecular complexity index is 392. The van der Waals surface area contributed by atoms with Crippen molar-refractivity contribution in [2.75, 3.05) is 13.2 Å². The SMILES string of the molecule is CCNC(C)(CCn1cc(OCC)cn1)C(=O)O. The highest BCUT2D eigenvalue weighted by Crippen LogP contribution is 2.13. The summed E-state index contributed by atoms with van der Waals surface area (Å²) in [7, 11) is 0. The topological polar surface area (TPSA) is 76.4 Å². The van der Waals surface area contributed by atoms with E-state index in [1.54, 1.807) is 24.0 Å². The Morgan fingerprint density at radius 1 is 1.61 bits per heavy atom. The van der Waals surface area contributed by atoms with Crippen LogP contribution in [0.4, 0.5) is 0 Å². The normalized spacial score (nSPS) is 14.2. The molecule has 0 aliphatic carbocycles. The third-order valence-corrected chi connectivity index (χ3v) is 2.80. The van der Waals surface area contributed by atoms with E-state index in [2.05, 4.69) is 10.4 Å². The van der Waals surface area contributed by atoms with E-state index < -0.39 is 11.5 Å². The van der Waals surface area contributed by atoms with E-state index in [0.29, 0.717) is 31.9 Å². The summed E-state index contributed by atoms with van der Waals surface area (Å²) in [5, 5.41) is 16.3. The summed E-state index contributed by atoms with van der Waals surface area (Å²) in [6, 6.07) is 0. The van der Waals surface area contributed by atoms with Crippen molar-refractivity contribution in [2.45, 2.75) is 39.3 Å². The number of ether oxygens (including phenoxy) is 1. The van der Waals surface area contributed by atoms with E-state index in [-0.39, 0.29) is 0 Å². The Morgan fingerprint density at radius 3 is 2.89 bits per heavy atom. The van der Waals surface area contributed by atoms with E-state index in [1.165, 1.54) is 0 Å². The van der Waals surface area contributed by atoms with Crippen LogP contribution in [0.3, 0.4) is 0 Å². The van der Waals surface area contributed by atoms with Gasteiger partial charge in [-0.2, -0.15) is 5.10 Å². The maximum atomic E-state index is 11.2. The summed E-state index contributed by atoms with van der Waals surface area (Å²) in [6.45, 7) is 7.23. The van der Waals surface area contributed by atoms with Crippen LogP contribution < -0.4 is 10.1 Å². The van der Waals surface area contributed by atoms with Crippen LogP contribution >= 0.6 is 0 Å². The lowest BCUT2D eigenvalue weighted by Gasteiger charge is -2.25. The molecule has 0 saturated heterocycles. The first kappa shape index (κ1) is 14.5. The monoisotopic (exact) mass is 255 g/mol. The van der Waals surface area contributed by atoms with Crippen LogP contribution in [-0.2, 0) is 11.3 Å². The molecule has 6 nitrogen and oxygen atoms in total. The number of rotatable bonds is 8. The molecule has 1 atom stereocenters. The fourth-order valence-corrected chi connectivity index (χ4v) is 1.71. The molecule has 0 aromatic carbocycles. The fraction of sp³-hybridized carbons (Fsp3) is 0.667. The van der Waals surface area contributed by atoms with Gasteiger partial charge in [0, 0.05) is 6.54 Å². The molecule has 0 saturated carbocycles. The summed E-state index contributed by atoms with van der Waals surface area (Å²) in [4.78, 5) is 11.2. The molecular formula is C12H21N3O3. The zero-order valence-corrected chi connectivity index (χ0v) is 11.1. The number of likely N-dealkylation sites (N-methyl/N-ethyl adjacent to an activating group) is 1. The summed E-state index contributed by atoms with van der Waals surface area (Å²) in [6.07, 6.45) is 3.87. The quantitative estimate of drug-likeness (QED) is 0.728. The van der Waals surface area contributed by atoms with Crippen LogP contribution in [0.1, 0.15) is 27.2 Å². The maximum absolute atomic E-state index is 11.2. The third kappa shape index (κ3) is 3.73. The predicted octanol–water partition coefficient (Wildman–Crippen LogP) is 1.12. The Morgan fingerprint density at radius 2 is 2.33 bits per heavy atom. The molecule has 2 N–H and O–H groups in total. The van der Waals surface area contributed by atoms with Gasteiger partial charge in [0.2, 0.25) is 0 Å². The van der Waals surface area contributed by atoms with Gasteiger partial charge in [0.15, 0.2) is 5.75 Å². The lowest BCUT2D eigenvalue weighted by molar-refractivity contribution is -0.144. The van der Waals surface area contributed by atoms with Crippen LogP contribution in [-0.4, -0.2) is 39.5 Å². The molecule has 0 aliphatic rings. The van der Waals surface area contributed by atoms with Gasteiger partial charge < -0.3 is 15.2 Å². The van der Waals surface area contributed by atoms with Gasteiger partial charge in [-0.3, -0.25) is 9.48 Å². The van der Waals surface area contributed by atoms with Crippen molar-refractivity contribution in [3.05, 3.63) is 12.4 Å². The van der Waals surface area contributed by atoms with E-state index in [4.69, 9.17) is 4.74 Å². The highest BCUT2D eigenvalue weighted by Gasteiger charge is 2.31. The minimum absolute atomic E-state index is 0.462. The van der Waals surface area contributed by atoms with Crippen LogP contribution in [0, 0.1) is 0 Å². The van der Waals surface area contributed by atoms with Gasteiger partial charge in [-0.1, -0.05) is 6.92 Å². The van der Waals surface area contributed by atoms with Crippen molar-refractivity contribution >= 4 is 5.97 Å². The Kier molecular flexibility index (Phi) is 5.15.